The van der Waals surface area contributed by atoms with Gasteiger partial charge in [-0.15, -0.1) is 0 Å². The molecule has 1 unspecified atom stereocenters. The first-order valence-electron chi connectivity index (χ1n) is 6.68. The van der Waals surface area contributed by atoms with Crippen LogP contribution in [0.4, 0.5) is 4.39 Å². The molecule has 5 heteroatoms. The molecule has 0 aliphatic carbocycles. The minimum Gasteiger partial charge on any atom is -0.310 e. The third-order valence-electron chi connectivity index (χ3n) is 3.54. The summed E-state index contributed by atoms with van der Waals surface area (Å²) in [7, 11) is 1.91. The van der Waals surface area contributed by atoms with Gasteiger partial charge >= 0.3 is 0 Å². The van der Waals surface area contributed by atoms with E-state index in [1.807, 2.05) is 31.8 Å². The van der Waals surface area contributed by atoms with Crippen LogP contribution >= 0.6 is 11.6 Å². The van der Waals surface area contributed by atoms with Gasteiger partial charge in [-0.1, -0.05) is 24.6 Å². The van der Waals surface area contributed by atoms with Crippen molar-refractivity contribution in [3.05, 3.63) is 52.1 Å². The Morgan fingerprint density at radius 3 is 2.75 bits per heavy atom. The van der Waals surface area contributed by atoms with Gasteiger partial charge in [0.1, 0.15) is 5.82 Å². The lowest BCUT2D eigenvalue weighted by Gasteiger charge is -2.18. The van der Waals surface area contributed by atoms with Crippen molar-refractivity contribution < 1.29 is 4.39 Å². The summed E-state index contributed by atoms with van der Waals surface area (Å²) in [4.78, 5) is 0. The van der Waals surface area contributed by atoms with E-state index >= 15 is 0 Å². The van der Waals surface area contributed by atoms with Crippen molar-refractivity contribution in [3.8, 4) is 0 Å². The highest BCUT2D eigenvalue weighted by Gasteiger charge is 2.18. The first kappa shape index (κ1) is 15.0. The highest BCUT2D eigenvalue weighted by molar-refractivity contribution is 6.30. The van der Waals surface area contributed by atoms with Crippen molar-refractivity contribution in [2.24, 2.45) is 7.05 Å². The van der Waals surface area contributed by atoms with E-state index in [0.29, 0.717) is 17.0 Å². The van der Waals surface area contributed by atoms with Crippen LogP contribution in [-0.4, -0.2) is 16.3 Å². The summed E-state index contributed by atoms with van der Waals surface area (Å²) in [5.41, 5.74) is 2.85. The van der Waals surface area contributed by atoms with E-state index in [2.05, 4.69) is 10.4 Å². The molecule has 0 saturated heterocycles. The molecule has 3 nitrogen and oxygen atoms in total. The van der Waals surface area contributed by atoms with Crippen LogP contribution < -0.4 is 5.32 Å². The lowest BCUT2D eigenvalue weighted by Crippen LogP contribution is -2.23. The number of hydrogen-bond acceptors (Lipinski definition) is 2. The van der Waals surface area contributed by atoms with E-state index in [9.17, 15) is 4.39 Å². The summed E-state index contributed by atoms with van der Waals surface area (Å²) in [6.07, 6.45) is 2.42. The molecule has 0 fully saturated rings. The smallest absolute Gasteiger partial charge is 0.127 e. The Balaban J connectivity index is 2.28. The van der Waals surface area contributed by atoms with Crippen molar-refractivity contribution in [3.63, 3.8) is 0 Å². The fraction of sp³-hybridized carbons (Fsp3) is 0.400. The monoisotopic (exact) mass is 295 g/mol. The minimum absolute atomic E-state index is 0.0457. The van der Waals surface area contributed by atoms with E-state index < -0.39 is 0 Å². The average molecular weight is 296 g/mol. The standard InChI is InChI=1S/C15H19ClFN3/c1-4-18-15(13-9-19-20(3)10(13)2)7-11-5-6-12(16)8-14(11)17/h5-6,8-9,15,18H,4,7H2,1-3H3. The molecule has 108 valence electrons. The molecule has 1 aromatic heterocycles. The van der Waals surface area contributed by atoms with E-state index in [1.54, 1.807) is 12.1 Å². The maximum Gasteiger partial charge on any atom is 0.127 e. The summed E-state index contributed by atoms with van der Waals surface area (Å²) >= 11 is 5.79. The highest BCUT2D eigenvalue weighted by Crippen LogP contribution is 2.24. The molecule has 0 spiro atoms. The van der Waals surface area contributed by atoms with E-state index in [4.69, 9.17) is 11.6 Å². The first-order valence-corrected chi connectivity index (χ1v) is 7.06. The lowest BCUT2D eigenvalue weighted by molar-refractivity contribution is 0.525. The van der Waals surface area contributed by atoms with Gasteiger partial charge in [0, 0.05) is 29.4 Å². The third kappa shape index (κ3) is 3.19. The van der Waals surface area contributed by atoms with E-state index in [-0.39, 0.29) is 11.9 Å². The number of rotatable bonds is 5. The Morgan fingerprint density at radius 1 is 1.45 bits per heavy atom. The molecule has 2 rings (SSSR count). The van der Waals surface area contributed by atoms with Gasteiger partial charge in [0.05, 0.1) is 6.20 Å². The van der Waals surface area contributed by atoms with Crippen LogP contribution in [0.3, 0.4) is 0 Å². The zero-order valence-corrected chi connectivity index (χ0v) is 12.7. The van der Waals surface area contributed by atoms with Crippen LogP contribution in [0.15, 0.2) is 24.4 Å². The van der Waals surface area contributed by atoms with Crippen molar-refractivity contribution >= 4 is 11.6 Å². The molecule has 0 aliphatic rings. The van der Waals surface area contributed by atoms with Crippen LogP contribution in [0.25, 0.3) is 0 Å². The average Bonchev–Trinajstić information content (AvgIpc) is 2.73. The molecule has 0 bridgehead atoms. The Hall–Kier alpha value is -1.39. The van der Waals surface area contributed by atoms with Gasteiger partial charge in [0.15, 0.2) is 0 Å². The van der Waals surface area contributed by atoms with Crippen LogP contribution in [0.2, 0.25) is 5.02 Å². The Labute approximate surface area is 123 Å². The molecule has 0 amide bonds. The maximum absolute atomic E-state index is 13.9. The number of aryl methyl sites for hydroxylation is 1. The van der Waals surface area contributed by atoms with Crippen molar-refractivity contribution in [2.45, 2.75) is 26.3 Å². The number of halogens is 2. The molecule has 0 radical (unpaired) electrons. The summed E-state index contributed by atoms with van der Waals surface area (Å²) in [6, 6.07) is 4.87. The molecule has 2 aromatic rings. The fourth-order valence-electron chi connectivity index (χ4n) is 2.30. The van der Waals surface area contributed by atoms with Gasteiger partial charge < -0.3 is 5.32 Å². The second kappa shape index (κ2) is 6.37. The van der Waals surface area contributed by atoms with Gasteiger partial charge in [-0.05, 0) is 37.6 Å². The van der Waals surface area contributed by atoms with Crippen molar-refractivity contribution in [2.75, 3.05) is 6.54 Å². The van der Waals surface area contributed by atoms with Crippen LogP contribution in [-0.2, 0) is 13.5 Å². The zero-order valence-electron chi connectivity index (χ0n) is 12.0. The maximum atomic E-state index is 13.9. The molecule has 0 saturated carbocycles. The predicted molar refractivity (Wildman–Crippen MR) is 79.5 cm³/mol. The van der Waals surface area contributed by atoms with Gasteiger partial charge in [-0.25, -0.2) is 4.39 Å². The number of likely N-dealkylation sites (N-methyl/N-ethyl adjacent to an activating group) is 1. The summed E-state index contributed by atoms with van der Waals surface area (Å²) in [6.45, 7) is 4.87. The Morgan fingerprint density at radius 2 is 2.20 bits per heavy atom. The molecular weight excluding hydrogens is 277 g/mol. The second-order valence-electron chi connectivity index (χ2n) is 4.86. The van der Waals surface area contributed by atoms with Crippen molar-refractivity contribution in [1.29, 1.82) is 0 Å². The quantitative estimate of drug-likeness (QED) is 0.916. The predicted octanol–water partition coefficient (Wildman–Crippen LogP) is 3.41. The zero-order chi connectivity index (χ0) is 14.7. The van der Waals surface area contributed by atoms with Gasteiger partial charge in [0.2, 0.25) is 0 Å². The summed E-state index contributed by atoms with van der Waals surface area (Å²) in [5, 5.41) is 8.07. The Bertz CT molecular complexity index is 595. The minimum atomic E-state index is -0.262. The van der Waals surface area contributed by atoms with E-state index in [0.717, 1.165) is 17.8 Å². The summed E-state index contributed by atoms with van der Waals surface area (Å²) < 4.78 is 15.8. The molecule has 0 aliphatic heterocycles. The first-order chi connectivity index (χ1) is 9.52. The van der Waals surface area contributed by atoms with Gasteiger partial charge in [-0.2, -0.15) is 5.10 Å². The SMILES string of the molecule is CCNC(Cc1ccc(Cl)cc1F)c1cnn(C)c1C. The molecule has 20 heavy (non-hydrogen) atoms. The largest absolute Gasteiger partial charge is 0.310 e. The van der Waals surface area contributed by atoms with Crippen LogP contribution in [0, 0.1) is 12.7 Å². The highest BCUT2D eigenvalue weighted by atomic mass is 35.5. The molecular formula is C15H19ClFN3. The summed E-state index contributed by atoms with van der Waals surface area (Å²) in [5.74, 6) is -0.262. The number of nitrogens with zero attached hydrogens (tertiary/aromatic N) is 2. The Kier molecular flexibility index (Phi) is 4.78. The lowest BCUT2D eigenvalue weighted by atomic mass is 9.99. The third-order valence-corrected chi connectivity index (χ3v) is 3.77. The number of nitrogens with one attached hydrogen (secondary N) is 1. The van der Waals surface area contributed by atoms with E-state index in [1.165, 1.54) is 6.07 Å². The molecule has 1 N–H and O–H groups in total. The fourth-order valence-corrected chi connectivity index (χ4v) is 2.46. The molecule has 1 atom stereocenters. The number of benzene rings is 1. The van der Waals surface area contributed by atoms with Crippen LogP contribution in [0.5, 0.6) is 0 Å². The van der Waals surface area contributed by atoms with Gasteiger partial charge in [-0.3, -0.25) is 4.68 Å². The van der Waals surface area contributed by atoms with Crippen LogP contribution in [0.1, 0.15) is 29.8 Å². The second-order valence-corrected chi connectivity index (χ2v) is 5.30. The number of aromatic nitrogens is 2. The van der Waals surface area contributed by atoms with Gasteiger partial charge in [0.25, 0.3) is 0 Å². The normalized spacial score (nSPS) is 12.7. The molecule has 1 heterocycles. The number of hydrogen-bond donors (Lipinski definition) is 1. The molecule has 1 aromatic carbocycles. The van der Waals surface area contributed by atoms with Crippen molar-refractivity contribution in [1.82, 2.24) is 15.1 Å². The topological polar surface area (TPSA) is 29.9 Å².